The standard InChI is InChI=1S/C19H28N2O3S/c1-21-9-8-19-7-5-4-6-14(19)17(21)11-13-10-16(20-25(3,22)23)18(24-2)12-15(13)19/h10,12,14,17,20H,4-9,11H2,1-3H3/t14?,17-,19+/m0/s1. The largest absolute Gasteiger partial charge is 0.495 e. The van der Waals surface area contributed by atoms with Gasteiger partial charge in [-0.1, -0.05) is 12.8 Å². The molecule has 138 valence electrons. The highest BCUT2D eigenvalue weighted by Crippen LogP contribution is 2.56. The molecule has 2 bridgehead atoms. The molecule has 3 atom stereocenters. The second kappa shape index (κ2) is 5.88. The van der Waals surface area contributed by atoms with Crippen LogP contribution in [0.1, 0.15) is 43.2 Å². The highest BCUT2D eigenvalue weighted by molar-refractivity contribution is 7.92. The van der Waals surface area contributed by atoms with E-state index < -0.39 is 10.0 Å². The van der Waals surface area contributed by atoms with Gasteiger partial charge in [-0.15, -0.1) is 0 Å². The van der Waals surface area contributed by atoms with Crippen LogP contribution in [-0.4, -0.2) is 46.3 Å². The molecule has 2 fully saturated rings. The van der Waals surface area contributed by atoms with E-state index in [4.69, 9.17) is 4.74 Å². The highest BCUT2D eigenvalue weighted by Gasteiger charge is 2.53. The summed E-state index contributed by atoms with van der Waals surface area (Å²) in [5.41, 5.74) is 3.52. The van der Waals surface area contributed by atoms with Crippen molar-refractivity contribution in [2.24, 2.45) is 5.92 Å². The number of nitrogens with one attached hydrogen (secondary N) is 1. The molecule has 5 nitrogen and oxygen atoms in total. The number of methoxy groups -OCH3 is 1. The number of ether oxygens (including phenoxy) is 1. The Balaban J connectivity index is 1.86. The monoisotopic (exact) mass is 364 g/mol. The van der Waals surface area contributed by atoms with Gasteiger partial charge in [0.15, 0.2) is 0 Å². The van der Waals surface area contributed by atoms with Gasteiger partial charge in [-0.05, 0) is 68.5 Å². The van der Waals surface area contributed by atoms with E-state index in [9.17, 15) is 8.42 Å². The first-order valence-corrected chi connectivity index (χ1v) is 11.1. The van der Waals surface area contributed by atoms with Gasteiger partial charge in [-0.3, -0.25) is 4.72 Å². The maximum Gasteiger partial charge on any atom is 0.229 e. The van der Waals surface area contributed by atoms with Crippen LogP contribution in [0.3, 0.4) is 0 Å². The van der Waals surface area contributed by atoms with Gasteiger partial charge >= 0.3 is 0 Å². The summed E-state index contributed by atoms with van der Waals surface area (Å²) < 4.78 is 31.7. The van der Waals surface area contributed by atoms with E-state index >= 15 is 0 Å². The third-order valence-electron chi connectivity index (χ3n) is 6.73. The zero-order valence-electron chi connectivity index (χ0n) is 15.3. The Hall–Kier alpha value is -1.27. The number of hydrogen-bond acceptors (Lipinski definition) is 4. The number of sulfonamides is 1. The van der Waals surface area contributed by atoms with Crippen molar-refractivity contribution in [3.63, 3.8) is 0 Å². The normalized spacial score (nSPS) is 31.8. The molecule has 1 aromatic carbocycles. The third kappa shape index (κ3) is 2.74. The topological polar surface area (TPSA) is 58.6 Å². The van der Waals surface area contributed by atoms with Crippen molar-refractivity contribution >= 4 is 15.7 Å². The number of piperidine rings is 1. The van der Waals surface area contributed by atoms with Gasteiger partial charge in [0.2, 0.25) is 10.0 Å². The number of likely N-dealkylation sites (tertiary alicyclic amines) is 1. The van der Waals surface area contributed by atoms with E-state index in [1.54, 1.807) is 7.11 Å². The molecule has 4 rings (SSSR count). The van der Waals surface area contributed by atoms with E-state index in [-0.39, 0.29) is 5.41 Å². The maximum atomic E-state index is 11.7. The van der Waals surface area contributed by atoms with Gasteiger partial charge in [0, 0.05) is 11.5 Å². The van der Waals surface area contributed by atoms with Gasteiger partial charge in [0.1, 0.15) is 5.75 Å². The summed E-state index contributed by atoms with van der Waals surface area (Å²) in [6.45, 7) is 1.15. The van der Waals surface area contributed by atoms with Crippen LogP contribution < -0.4 is 9.46 Å². The summed E-state index contributed by atoms with van der Waals surface area (Å²) in [7, 11) is 0.529. The molecule has 0 radical (unpaired) electrons. The molecule has 1 saturated carbocycles. The van der Waals surface area contributed by atoms with Crippen LogP contribution in [0.25, 0.3) is 0 Å². The van der Waals surface area contributed by atoms with E-state index in [0.29, 0.717) is 23.4 Å². The SMILES string of the molecule is COc1cc2c(cc1NS(C)(=O)=O)C[C@H]1C3CCCC[C@]23CCN1C. The lowest BCUT2D eigenvalue weighted by Gasteiger charge is -2.58. The third-order valence-corrected chi connectivity index (χ3v) is 7.32. The Kier molecular flexibility index (Phi) is 4.03. The molecule has 0 amide bonds. The van der Waals surface area contributed by atoms with E-state index in [1.165, 1.54) is 49.5 Å². The Morgan fingerprint density at radius 2 is 2.08 bits per heavy atom. The highest BCUT2D eigenvalue weighted by atomic mass is 32.2. The van der Waals surface area contributed by atoms with Crippen molar-refractivity contribution in [3.05, 3.63) is 23.3 Å². The Labute approximate surface area is 150 Å². The van der Waals surface area contributed by atoms with Crippen molar-refractivity contribution < 1.29 is 13.2 Å². The number of benzene rings is 1. The molecule has 0 spiro atoms. The molecule has 3 aliphatic rings. The van der Waals surface area contributed by atoms with Gasteiger partial charge in [-0.2, -0.15) is 0 Å². The molecule has 1 saturated heterocycles. The average Bonchev–Trinajstić information content (AvgIpc) is 2.56. The van der Waals surface area contributed by atoms with Crippen LogP contribution in [-0.2, 0) is 21.9 Å². The first-order chi connectivity index (χ1) is 11.8. The molecule has 2 aliphatic carbocycles. The number of fused-ring (bicyclic) bond motifs is 1. The fraction of sp³-hybridized carbons (Fsp3) is 0.684. The summed E-state index contributed by atoms with van der Waals surface area (Å²) >= 11 is 0. The van der Waals surface area contributed by atoms with Crippen molar-refractivity contribution in [1.82, 2.24) is 4.90 Å². The predicted octanol–water partition coefficient (Wildman–Crippen LogP) is 2.75. The summed E-state index contributed by atoms with van der Waals surface area (Å²) in [4.78, 5) is 2.52. The molecule has 1 unspecified atom stereocenters. The van der Waals surface area contributed by atoms with Crippen molar-refractivity contribution in [2.45, 2.75) is 50.0 Å². The van der Waals surface area contributed by atoms with E-state index in [2.05, 4.69) is 22.7 Å². The lowest BCUT2D eigenvalue weighted by Crippen LogP contribution is -2.59. The van der Waals surface area contributed by atoms with Crippen LogP contribution >= 0.6 is 0 Å². The zero-order chi connectivity index (χ0) is 17.8. The van der Waals surface area contributed by atoms with Crippen molar-refractivity contribution in [3.8, 4) is 5.75 Å². The lowest BCUT2D eigenvalue weighted by atomic mass is 9.52. The average molecular weight is 365 g/mol. The van der Waals surface area contributed by atoms with Crippen LogP contribution in [0.5, 0.6) is 5.75 Å². The van der Waals surface area contributed by atoms with Crippen LogP contribution in [0.4, 0.5) is 5.69 Å². The molecule has 1 aromatic rings. The predicted molar refractivity (Wildman–Crippen MR) is 99.8 cm³/mol. The first-order valence-electron chi connectivity index (χ1n) is 9.23. The molecule has 25 heavy (non-hydrogen) atoms. The summed E-state index contributed by atoms with van der Waals surface area (Å²) in [5.74, 6) is 1.35. The molecular weight excluding hydrogens is 336 g/mol. The van der Waals surface area contributed by atoms with Crippen LogP contribution in [0.2, 0.25) is 0 Å². The minimum Gasteiger partial charge on any atom is -0.495 e. The number of anilines is 1. The van der Waals surface area contributed by atoms with Gasteiger partial charge in [0.25, 0.3) is 0 Å². The second-order valence-electron chi connectivity index (χ2n) is 8.09. The van der Waals surface area contributed by atoms with Crippen molar-refractivity contribution in [1.29, 1.82) is 0 Å². The van der Waals surface area contributed by atoms with Crippen LogP contribution in [0, 0.1) is 5.92 Å². The fourth-order valence-corrected chi connectivity index (χ4v) is 6.24. The van der Waals surface area contributed by atoms with Crippen LogP contribution in [0.15, 0.2) is 12.1 Å². The zero-order valence-corrected chi connectivity index (χ0v) is 16.2. The summed E-state index contributed by atoms with van der Waals surface area (Å²) in [6.07, 6.45) is 8.55. The fourth-order valence-electron chi connectivity index (χ4n) is 5.68. The molecule has 1 aliphatic heterocycles. The van der Waals surface area contributed by atoms with Crippen molar-refractivity contribution in [2.75, 3.05) is 31.7 Å². The summed E-state index contributed by atoms with van der Waals surface area (Å²) in [5, 5.41) is 0. The maximum absolute atomic E-state index is 11.7. The van der Waals surface area contributed by atoms with Gasteiger partial charge in [-0.25, -0.2) is 8.42 Å². The smallest absolute Gasteiger partial charge is 0.229 e. The Bertz CT molecular complexity index is 792. The summed E-state index contributed by atoms with van der Waals surface area (Å²) in [6, 6.07) is 4.72. The number of rotatable bonds is 3. The van der Waals surface area contributed by atoms with Gasteiger partial charge in [0.05, 0.1) is 19.1 Å². The number of likely N-dealkylation sites (N-methyl/N-ethyl adjacent to an activating group) is 1. The first kappa shape index (κ1) is 17.2. The minimum absolute atomic E-state index is 0.250. The molecule has 1 heterocycles. The number of hydrogen-bond donors (Lipinski definition) is 1. The van der Waals surface area contributed by atoms with E-state index in [1.807, 2.05) is 6.07 Å². The molecular formula is C19H28N2O3S. The number of nitrogens with zero attached hydrogens (tertiary/aromatic N) is 1. The molecule has 1 N–H and O–H groups in total. The van der Waals surface area contributed by atoms with Gasteiger partial charge < -0.3 is 9.64 Å². The molecule has 6 heteroatoms. The Morgan fingerprint density at radius 3 is 2.80 bits per heavy atom. The molecule has 0 aromatic heterocycles. The Morgan fingerprint density at radius 1 is 1.28 bits per heavy atom. The minimum atomic E-state index is -3.33. The quantitative estimate of drug-likeness (QED) is 0.896. The lowest BCUT2D eigenvalue weighted by molar-refractivity contribution is 0.00277. The second-order valence-corrected chi connectivity index (χ2v) is 9.84. The van der Waals surface area contributed by atoms with E-state index in [0.717, 1.165) is 13.0 Å².